The van der Waals surface area contributed by atoms with Crippen LogP contribution in [0.2, 0.25) is 5.02 Å². The Hall–Kier alpha value is -3.03. The Morgan fingerprint density at radius 2 is 1.81 bits per heavy atom. The minimum Gasteiger partial charge on any atom is -0.477 e. The number of allylic oxidation sites excluding steroid dienone is 1. The van der Waals surface area contributed by atoms with Crippen molar-refractivity contribution < 1.29 is 14.7 Å². The van der Waals surface area contributed by atoms with E-state index in [9.17, 15) is 14.7 Å². The molecule has 2 aromatic carbocycles. The van der Waals surface area contributed by atoms with Crippen LogP contribution in [0.1, 0.15) is 22.3 Å². The fourth-order valence-corrected chi connectivity index (χ4v) is 3.26. The number of carboxylic acids is 1. The summed E-state index contributed by atoms with van der Waals surface area (Å²) < 4.78 is 1.43. The molecule has 0 radical (unpaired) electrons. The van der Waals surface area contributed by atoms with E-state index >= 15 is 0 Å². The van der Waals surface area contributed by atoms with Gasteiger partial charge in [0, 0.05) is 10.6 Å². The molecule has 1 aromatic heterocycles. The molecule has 1 heterocycles. The van der Waals surface area contributed by atoms with Gasteiger partial charge in [0.1, 0.15) is 5.70 Å². The van der Waals surface area contributed by atoms with E-state index in [1.165, 1.54) is 10.8 Å². The van der Waals surface area contributed by atoms with Crippen LogP contribution >= 0.6 is 22.9 Å². The molecule has 1 N–H and O–H groups in total. The van der Waals surface area contributed by atoms with E-state index in [1.807, 2.05) is 6.07 Å². The first-order valence-corrected chi connectivity index (χ1v) is 9.09. The summed E-state index contributed by atoms with van der Waals surface area (Å²) in [5, 5.41) is 14.4. The van der Waals surface area contributed by atoms with Crippen molar-refractivity contribution in [3.8, 4) is 5.69 Å². The number of rotatable bonds is 5. The van der Waals surface area contributed by atoms with Crippen molar-refractivity contribution in [3.05, 3.63) is 86.8 Å². The van der Waals surface area contributed by atoms with Gasteiger partial charge in [0.15, 0.2) is 5.01 Å². The number of aromatic nitrogens is 2. The number of carbonyl (C=O) groups is 2. The van der Waals surface area contributed by atoms with Crippen LogP contribution < -0.4 is 4.80 Å². The normalized spacial score (nSPS) is 12.2. The number of hydrogen-bond donors (Lipinski definition) is 1. The molecular weight excluding hydrogens is 386 g/mol. The number of halogens is 1. The van der Waals surface area contributed by atoms with E-state index in [0.717, 1.165) is 11.3 Å². The van der Waals surface area contributed by atoms with Crippen LogP contribution in [-0.2, 0) is 4.79 Å². The minimum absolute atomic E-state index is 0.139. The average Bonchev–Trinajstić information content (AvgIpc) is 3.10. The van der Waals surface area contributed by atoms with Crippen molar-refractivity contribution in [2.24, 2.45) is 4.99 Å². The third-order valence-corrected chi connectivity index (χ3v) is 4.73. The molecule has 3 aromatic rings. The number of aliphatic carboxylic acids is 1. The molecule has 0 aliphatic rings. The van der Waals surface area contributed by atoms with E-state index in [-0.39, 0.29) is 21.3 Å². The molecule has 27 heavy (non-hydrogen) atoms. The van der Waals surface area contributed by atoms with E-state index in [0.29, 0.717) is 16.3 Å². The second kappa shape index (κ2) is 8.11. The zero-order chi connectivity index (χ0) is 19.4. The monoisotopic (exact) mass is 399 g/mol. The number of carbonyl (C=O) groups excluding carboxylic acids is 1. The summed E-state index contributed by atoms with van der Waals surface area (Å²) in [5.74, 6) is -1.42. The topological polar surface area (TPSA) is 84.5 Å². The number of ketones is 1. The summed E-state index contributed by atoms with van der Waals surface area (Å²) in [6, 6.07) is 15.5. The van der Waals surface area contributed by atoms with E-state index < -0.39 is 5.97 Å². The lowest BCUT2D eigenvalue weighted by Crippen LogP contribution is -2.16. The molecule has 0 saturated carbocycles. The second-order valence-electron chi connectivity index (χ2n) is 5.36. The van der Waals surface area contributed by atoms with Crippen LogP contribution in [0.5, 0.6) is 0 Å². The lowest BCUT2D eigenvalue weighted by molar-refractivity contribution is -0.132. The fourth-order valence-electron chi connectivity index (χ4n) is 2.25. The van der Waals surface area contributed by atoms with Gasteiger partial charge in [-0.15, -0.1) is 0 Å². The van der Waals surface area contributed by atoms with Crippen molar-refractivity contribution in [2.45, 2.75) is 6.92 Å². The maximum absolute atomic E-state index is 12.7. The Morgan fingerprint density at radius 3 is 2.41 bits per heavy atom. The van der Waals surface area contributed by atoms with Gasteiger partial charge >= 0.3 is 5.97 Å². The molecule has 0 bridgehead atoms. The zero-order valence-corrected chi connectivity index (χ0v) is 15.7. The Bertz CT molecular complexity index is 1080. The van der Waals surface area contributed by atoms with Crippen molar-refractivity contribution >= 4 is 34.7 Å². The molecular formula is C19H14ClN3O3S. The smallest absolute Gasteiger partial charge is 0.354 e. The quantitative estimate of drug-likeness (QED) is 0.523. The molecule has 0 unspecified atom stereocenters. The van der Waals surface area contributed by atoms with Crippen LogP contribution in [0, 0.1) is 0 Å². The van der Waals surface area contributed by atoms with Crippen LogP contribution in [0.3, 0.4) is 0 Å². The Kier molecular flexibility index (Phi) is 5.63. The van der Waals surface area contributed by atoms with Gasteiger partial charge in [0.25, 0.3) is 0 Å². The summed E-state index contributed by atoms with van der Waals surface area (Å²) in [7, 11) is 0. The molecule has 8 heteroatoms. The van der Waals surface area contributed by atoms with Crippen molar-refractivity contribution in [3.63, 3.8) is 0 Å². The van der Waals surface area contributed by atoms with Gasteiger partial charge in [0.05, 0.1) is 5.69 Å². The molecule has 0 aliphatic carbocycles. The van der Waals surface area contributed by atoms with E-state index in [2.05, 4.69) is 10.1 Å². The first kappa shape index (κ1) is 18.8. The summed E-state index contributed by atoms with van der Waals surface area (Å²) >= 11 is 6.95. The SMILES string of the molecule is CC=C(N=c1sc(C(=O)c2ccccc2)nn1-c1ccc(Cl)cc1)C(=O)O. The highest BCUT2D eigenvalue weighted by atomic mass is 35.5. The van der Waals surface area contributed by atoms with Crippen molar-refractivity contribution in [2.75, 3.05) is 0 Å². The molecule has 6 nitrogen and oxygen atoms in total. The van der Waals surface area contributed by atoms with Gasteiger partial charge in [-0.3, -0.25) is 4.79 Å². The third kappa shape index (κ3) is 4.21. The van der Waals surface area contributed by atoms with Gasteiger partial charge in [-0.25, -0.2) is 14.5 Å². The number of carboxylic acid groups (broad SMARTS) is 1. The van der Waals surface area contributed by atoms with Gasteiger partial charge < -0.3 is 5.11 Å². The second-order valence-corrected chi connectivity index (χ2v) is 6.76. The fraction of sp³-hybridized carbons (Fsp3) is 0.0526. The minimum atomic E-state index is -1.16. The molecule has 0 spiro atoms. The van der Waals surface area contributed by atoms with E-state index in [1.54, 1.807) is 55.5 Å². The predicted octanol–water partition coefficient (Wildman–Crippen LogP) is 3.71. The largest absolute Gasteiger partial charge is 0.477 e. The van der Waals surface area contributed by atoms with Gasteiger partial charge in [-0.05, 0) is 31.2 Å². The molecule has 0 fully saturated rings. The van der Waals surface area contributed by atoms with Crippen molar-refractivity contribution in [1.82, 2.24) is 9.78 Å². The molecule has 0 saturated heterocycles. The Morgan fingerprint density at radius 1 is 1.15 bits per heavy atom. The van der Waals surface area contributed by atoms with Crippen LogP contribution in [0.4, 0.5) is 0 Å². The summed E-state index contributed by atoms with van der Waals surface area (Å²) in [4.78, 5) is 28.5. The van der Waals surface area contributed by atoms with Gasteiger partial charge in [-0.1, -0.05) is 59.3 Å². The maximum Gasteiger partial charge on any atom is 0.354 e. The van der Waals surface area contributed by atoms with Crippen molar-refractivity contribution in [1.29, 1.82) is 0 Å². The third-order valence-electron chi connectivity index (χ3n) is 3.57. The summed E-state index contributed by atoms with van der Waals surface area (Å²) in [5.41, 5.74) is 0.966. The standard InChI is InChI=1S/C19H14ClN3O3S/c1-2-15(18(25)26)21-19-23(14-10-8-13(20)9-11-14)22-17(27-19)16(24)12-6-4-3-5-7-12/h2-11H,1H3,(H,25,26). The molecule has 0 aliphatic heterocycles. The highest BCUT2D eigenvalue weighted by Crippen LogP contribution is 2.15. The first-order chi connectivity index (χ1) is 13.0. The van der Waals surface area contributed by atoms with Gasteiger partial charge in [-0.2, -0.15) is 5.10 Å². The zero-order valence-electron chi connectivity index (χ0n) is 14.2. The summed E-state index contributed by atoms with van der Waals surface area (Å²) in [6.45, 7) is 1.58. The average molecular weight is 400 g/mol. The number of benzene rings is 2. The molecule has 0 atom stereocenters. The molecule has 0 amide bonds. The van der Waals surface area contributed by atoms with E-state index in [4.69, 9.17) is 11.6 Å². The first-order valence-electron chi connectivity index (χ1n) is 7.90. The Labute approximate surface area is 163 Å². The number of nitrogens with zero attached hydrogens (tertiary/aromatic N) is 3. The molecule has 3 rings (SSSR count). The van der Waals surface area contributed by atoms with Crippen LogP contribution in [0.15, 0.2) is 71.4 Å². The highest BCUT2D eigenvalue weighted by Gasteiger charge is 2.17. The molecule has 136 valence electrons. The van der Waals surface area contributed by atoms with Crippen LogP contribution in [-0.4, -0.2) is 26.6 Å². The van der Waals surface area contributed by atoms with Crippen LogP contribution in [0.25, 0.3) is 5.69 Å². The predicted molar refractivity (Wildman–Crippen MR) is 103 cm³/mol. The maximum atomic E-state index is 12.7. The lowest BCUT2D eigenvalue weighted by atomic mass is 10.1. The lowest BCUT2D eigenvalue weighted by Gasteiger charge is -2.01. The van der Waals surface area contributed by atoms with Gasteiger partial charge in [0.2, 0.25) is 10.6 Å². The highest BCUT2D eigenvalue weighted by molar-refractivity contribution is 7.11. The summed E-state index contributed by atoms with van der Waals surface area (Å²) in [6.07, 6.45) is 1.38. The number of hydrogen-bond acceptors (Lipinski definition) is 5. The Balaban J connectivity index is 2.17.